The number of H-pyrrole nitrogens is 1. The van der Waals surface area contributed by atoms with Gasteiger partial charge in [-0.05, 0) is 43.4 Å². The van der Waals surface area contributed by atoms with Crippen molar-refractivity contribution >= 4 is 22.7 Å². The summed E-state index contributed by atoms with van der Waals surface area (Å²) in [5.41, 5.74) is 1.85. The smallest absolute Gasteiger partial charge is 0.275 e. The van der Waals surface area contributed by atoms with Crippen molar-refractivity contribution in [1.82, 2.24) is 20.0 Å². The van der Waals surface area contributed by atoms with Crippen LogP contribution in [0.3, 0.4) is 0 Å². The van der Waals surface area contributed by atoms with Crippen molar-refractivity contribution in [2.24, 2.45) is 5.92 Å². The highest BCUT2D eigenvalue weighted by atomic mass is 16.5. The van der Waals surface area contributed by atoms with E-state index in [0.29, 0.717) is 42.6 Å². The maximum absolute atomic E-state index is 13.8. The molecule has 1 aliphatic rings. The number of hydrogen-bond acceptors (Lipinski definition) is 4. The maximum Gasteiger partial charge on any atom is 0.275 e. The minimum Gasteiger partial charge on any atom is -0.491 e. The number of carbonyl (C=O) groups excluding carboxylic acids is 2. The molecule has 0 aliphatic carbocycles. The lowest BCUT2D eigenvalue weighted by Gasteiger charge is -2.33. The Balaban J connectivity index is 1.68. The van der Waals surface area contributed by atoms with Gasteiger partial charge in [0.15, 0.2) is 5.69 Å². The summed E-state index contributed by atoms with van der Waals surface area (Å²) in [5, 5.41) is 8.17. The Bertz CT molecular complexity index is 1120. The van der Waals surface area contributed by atoms with E-state index in [0.717, 1.165) is 30.2 Å². The van der Waals surface area contributed by atoms with Crippen molar-refractivity contribution in [2.75, 3.05) is 26.7 Å². The normalized spacial score (nSPS) is 17.9. The molecule has 4 rings (SSSR count). The summed E-state index contributed by atoms with van der Waals surface area (Å²) in [6.07, 6.45) is 2.40. The molecule has 2 amide bonds. The topological polar surface area (TPSA) is 78.5 Å². The zero-order chi connectivity index (χ0) is 23.4. The fraction of sp³-hybridized carbons (Fsp3) is 0.423. The third-order valence-corrected chi connectivity index (χ3v) is 6.16. The third kappa shape index (κ3) is 5.02. The molecule has 0 saturated heterocycles. The predicted octanol–water partition coefficient (Wildman–Crippen LogP) is 4.36. The first-order valence-corrected chi connectivity index (χ1v) is 11.7. The minimum atomic E-state index is -0.131. The van der Waals surface area contributed by atoms with Crippen LogP contribution in [-0.2, 0) is 0 Å². The van der Waals surface area contributed by atoms with Crippen LogP contribution < -0.4 is 4.74 Å². The molecule has 1 N–H and O–H groups in total. The van der Waals surface area contributed by atoms with Gasteiger partial charge < -0.3 is 14.5 Å². The number of hydrogen-bond donors (Lipinski definition) is 1. The first-order valence-electron chi connectivity index (χ1n) is 11.7. The van der Waals surface area contributed by atoms with E-state index in [4.69, 9.17) is 4.74 Å². The standard InChI is InChI=1S/C26H32N4O3/c1-18(2)16-19-17-33-23-13-7-5-11-21(23)25(31)29(3)14-8-9-15-30(19)26(32)24-20-10-4-6-12-22(20)27-28-24/h4-7,10-13,18-19H,8-9,14-17H2,1-3H3,(H,27,28)/t19-/m0/s1. The van der Waals surface area contributed by atoms with Crippen LogP contribution in [0, 0.1) is 5.92 Å². The van der Waals surface area contributed by atoms with Gasteiger partial charge in [-0.25, -0.2) is 0 Å². The van der Waals surface area contributed by atoms with E-state index in [2.05, 4.69) is 24.0 Å². The van der Waals surface area contributed by atoms with Crippen LogP contribution in [0.15, 0.2) is 48.5 Å². The van der Waals surface area contributed by atoms with E-state index in [1.54, 1.807) is 11.0 Å². The molecule has 2 heterocycles. The van der Waals surface area contributed by atoms with Crippen LogP contribution in [0.5, 0.6) is 5.75 Å². The molecule has 33 heavy (non-hydrogen) atoms. The van der Waals surface area contributed by atoms with Crippen LogP contribution in [0.1, 0.15) is 54.0 Å². The molecular formula is C26H32N4O3. The average molecular weight is 449 g/mol. The van der Waals surface area contributed by atoms with Gasteiger partial charge in [0.1, 0.15) is 12.4 Å². The number of carbonyl (C=O) groups is 2. The van der Waals surface area contributed by atoms with E-state index in [-0.39, 0.29) is 17.9 Å². The molecule has 0 fully saturated rings. The first kappa shape index (κ1) is 22.8. The Morgan fingerprint density at radius 2 is 1.85 bits per heavy atom. The molecule has 2 aromatic carbocycles. The molecule has 0 bridgehead atoms. The zero-order valence-corrected chi connectivity index (χ0v) is 19.6. The van der Waals surface area contributed by atoms with E-state index >= 15 is 0 Å². The minimum absolute atomic E-state index is 0.0393. The van der Waals surface area contributed by atoms with Crippen molar-refractivity contribution in [3.63, 3.8) is 0 Å². The number of benzene rings is 2. The lowest BCUT2D eigenvalue weighted by Crippen LogP contribution is -2.45. The lowest BCUT2D eigenvalue weighted by molar-refractivity contribution is 0.0555. The second kappa shape index (κ2) is 10.1. The van der Waals surface area contributed by atoms with Gasteiger partial charge in [0.25, 0.3) is 11.8 Å². The van der Waals surface area contributed by atoms with Crippen LogP contribution >= 0.6 is 0 Å². The Morgan fingerprint density at radius 3 is 2.67 bits per heavy atom. The summed E-state index contributed by atoms with van der Waals surface area (Å²) in [7, 11) is 1.81. The van der Waals surface area contributed by atoms with Crippen LogP contribution in [0.2, 0.25) is 0 Å². The van der Waals surface area contributed by atoms with Crippen LogP contribution in [0.25, 0.3) is 10.9 Å². The lowest BCUT2D eigenvalue weighted by atomic mass is 10.0. The highest BCUT2D eigenvalue weighted by Crippen LogP contribution is 2.25. The number of para-hydroxylation sites is 2. The molecule has 174 valence electrons. The fourth-order valence-electron chi connectivity index (χ4n) is 4.44. The van der Waals surface area contributed by atoms with Gasteiger partial charge in [0.05, 0.1) is 17.1 Å². The number of amides is 2. The Kier molecular flexibility index (Phi) is 6.96. The van der Waals surface area contributed by atoms with Crippen molar-refractivity contribution in [1.29, 1.82) is 0 Å². The zero-order valence-electron chi connectivity index (χ0n) is 19.6. The summed E-state index contributed by atoms with van der Waals surface area (Å²) in [6, 6.07) is 14.9. The Labute approximate surface area is 194 Å². The summed E-state index contributed by atoms with van der Waals surface area (Å²) in [4.78, 5) is 30.4. The molecule has 0 radical (unpaired) electrons. The van der Waals surface area contributed by atoms with Crippen LogP contribution in [0.4, 0.5) is 0 Å². The quantitative estimate of drug-likeness (QED) is 0.646. The van der Waals surface area contributed by atoms with Gasteiger partial charge in [-0.1, -0.05) is 44.2 Å². The molecular weight excluding hydrogens is 416 g/mol. The first-order chi connectivity index (χ1) is 16.0. The van der Waals surface area contributed by atoms with Crippen molar-refractivity contribution in [3.05, 3.63) is 59.8 Å². The summed E-state index contributed by atoms with van der Waals surface area (Å²) >= 11 is 0. The van der Waals surface area contributed by atoms with Gasteiger partial charge in [-0.3, -0.25) is 14.7 Å². The third-order valence-electron chi connectivity index (χ3n) is 6.16. The van der Waals surface area contributed by atoms with E-state index in [9.17, 15) is 9.59 Å². The van der Waals surface area contributed by atoms with Gasteiger partial charge in [0.2, 0.25) is 0 Å². The van der Waals surface area contributed by atoms with E-state index in [1.165, 1.54) is 0 Å². The molecule has 0 unspecified atom stereocenters. The van der Waals surface area contributed by atoms with Crippen molar-refractivity contribution < 1.29 is 14.3 Å². The van der Waals surface area contributed by atoms with E-state index < -0.39 is 0 Å². The number of ether oxygens (including phenoxy) is 1. The summed E-state index contributed by atoms with van der Waals surface area (Å²) < 4.78 is 6.21. The number of fused-ring (bicyclic) bond motifs is 2. The van der Waals surface area contributed by atoms with Gasteiger partial charge >= 0.3 is 0 Å². The largest absolute Gasteiger partial charge is 0.491 e. The predicted molar refractivity (Wildman–Crippen MR) is 129 cm³/mol. The second-order valence-corrected chi connectivity index (χ2v) is 9.14. The highest BCUT2D eigenvalue weighted by Gasteiger charge is 2.29. The molecule has 0 spiro atoms. The van der Waals surface area contributed by atoms with Crippen molar-refractivity contribution in [3.8, 4) is 5.75 Å². The highest BCUT2D eigenvalue weighted by molar-refractivity contribution is 6.04. The maximum atomic E-state index is 13.8. The molecule has 1 atom stereocenters. The number of rotatable bonds is 3. The SMILES string of the molecule is CC(C)C[C@H]1COc2ccccc2C(=O)N(C)CCCCN1C(=O)c1n[nH]c2ccccc12. The van der Waals surface area contributed by atoms with Crippen molar-refractivity contribution in [2.45, 2.75) is 39.2 Å². The molecule has 3 aromatic rings. The molecule has 1 aromatic heterocycles. The van der Waals surface area contributed by atoms with Gasteiger partial charge in [-0.15, -0.1) is 0 Å². The summed E-state index contributed by atoms with van der Waals surface area (Å²) in [6.45, 7) is 5.82. The van der Waals surface area contributed by atoms with E-state index in [1.807, 2.05) is 54.4 Å². The van der Waals surface area contributed by atoms with Crippen LogP contribution in [-0.4, -0.2) is 64.6 Å². The number of aromatic amines is 1. The molecule has 1 aliphatic heterocycles. The Morgan fingerprint density at radius 1 is 1.12 bits per heavy atom. The molecule has 7 nitrogen and oxygen atoms in total. The van der Waals surface area contributed by atoms with Gasteiger partial charge in [-0.2, -0.15) is 5.10 Å². The fourth-order valence-corrected chi connectivity index (χ4v) is 4.44. The monoisotopic (exact) mass is 448 g/mol. The Hall–Kier alpha value is -3.35. The number of aromatic nitrogens is 2. The number of nitrogens with zero attached hydrogens (tertiary/aromatic N) is 3. The average Bonchev–Trinajstić information content (AvgIpc) is 3.24. The molecule has 0 saturated carbocycles. The van der Waals surface area contributed by atoms with Gasteiger partial charge in [0, 0.05) is 25.5 Å². The second-order valence-electron chi connectivity index (χ2n) is 9.14. The number of nitrogens with one attached hydrogen (secondary N) is 1. The summed E-state index contributed by atoms with van der Waals surface area (Å²) in [5.74, 6) is 0.807. The molecule has 7 heteroatoms.